The van der Waals surface area contributed by atoms with Gasteiger partial charge in [0.1, 0.15) is 0 Å². The molecule has 0 aliphatic rings. The minimum atomic E-state index is 0.429. The molecule has 0 bridgehead atoms. The fourth-order valence-electron chi connectivity index (χ4n) is 1.45. The summed E-state index contributed by atoms with van der Waals surface area (Å²) in [6, 6.07) is 13.1. The Bertz CT molecular complexity index is 538. The summed E-state index contributed by atoms with van der Waals surface area (Å²) in [6.45, 7) is 0. The van der Waals surface area contributed by atoms with Crippen molar-refractivity contribution >= 4 is 17.1 Å². The lowest BCUT2D eigenvalue weighted by Gasteiger charge is -1.99. The zero-order valence-corrected chi connectivity index (χ0v) is 7.40. The maximum absolute atomic E-state index is 10.7. The van der Waals surface area contributed by atoms with Gasteiger partial charge in [0.25, 0.3) is 0 Å². The van der Waals surface area contributed by atoms with E-state index in [1.807, 2.05) is 30.3 Å². The van der Waals surface area contributed by atoms with E-state index in [0.29, 0.717) is 17.4 Å². The summed E-state index contributed by atoms with van der Waals surface area (Å²) < 4.78 is 0. The molecule has 0 fully saturated rings. The van der Waals surface area contributed by atoms with E-state index in [1.165, 1.54) is 0 Å². The second kappa shape index (κ2) is 3.31. The van der Waals surface area contributed by atoms with Gasteiger partial charge in [-0.3, -0.25) is 4.79 Å². The molecule has 2 rings (SSSR count). The van der Waals surface area contributed by atoms with Gasteiger partial charge in [-0.25, -0.2) is 0 Å². The molecule has 2 nitrogen and oxygen atoms in total. The highest BCUT2D eigenvalue weighted by atomic mass is 16.1. The maximum Gasteiger partial charge on any atom is 0.151 e. The zero-order chi connectivity index (χ0) is 9.97. The van der Waals surface area contributed by atoms with Crippen LogP contribution in [-0.4, -0.2) is 6.29 Å². The van der Waals surface area contributed by atoms with Gasteiger partial charge in [0.2, 0.25) is 0 Å². The third-order valence-electron chi connectivity index (χ3n) is 2.17. The Balaban J connectivity index is 2.83. The number of hydrogen-bond donors (Lipinski definition) is 0. The average molecular weight is 181 g/mol. The summed E-state index contributed by atoms with van der Waals surface area (Å²) in [4.78, 5) is 10.7. The first-order chi connectivity index (χ1) is 6.85. The molecule has 0 aromatic heterocycles. The van der Waals surface area contributed by atoms with Crippen LogP contribution in [-0.2, 0) is 0 Å². The first kappa shape index (κ1) is 8.46. The standard InChI is InChI=1S/C12H7NO/c13-7-11-5-9-3-1-2-4-10(9)6-12(11)8-14/h1-6,8H. The fraction of sp³-hybridized carbons (Fsp3) is 0. The van der Waals surface area contributed by atoms with Crippen molar-refractivity contribution < 1.29 is 4.79 Å². The Labute approximate surface area is 81.4 Å². The fourth-order valence-corrected chi connectivity index (χ4v) is 1.45. The van der Waals surface area contributed by atoms with Crippen molar-refractivity contribution in [1.82, 2.24) is 0 Å². The van der Waals surface area contributed by atoms with Gasteiger partial charge in [-0.05, 0) is 22.9 Å². The molecule has 0 saturated carbocycles. The van der Waals surface area contributed by atoms with Crippen LogP contribution in [0.4, 0.5) is 0 Å². The second-order valence-corrected chi connectivity index (χ2v) is 3.02. The van der Waals surface area contributed by atoms with Crippen LogP contribution in [0.25, 0.3) is 10.8 Å². The molecule has 0 heterocycles. The highest BCUT2D eigenvalue weighted by molar-refractivity contribution is 5.91. The Morgan fingerprint density at radius 3 is 2.36 bits per heavy atom. The largest absolute Gasteiger partial charge is 0.298 e. The maximum atomic E-state index is 10.7. The van der Waals surface area contributed by atoms with Crippen molar-refractivity contribution in [2.75, 3.05) is 0 Å². The van der Waals surface area contributed by atoms with Crippen molar-refractivity contribution in [3.05, 3.63) is 47.5 Å². The average Bonchev–Trinajstić information content (AvgIpc) is 2.27. The van der Waals surface area contributed by atoms with E-state index < -0.39 is 0 Å². The highest BCUT2D eigenvalue weighted by Crippen LogP contribution is 2.18. The SMILES string of the molecule is N#Cc1cc2ccccc2cc1C=O. The van der Waals surface area contributed by atoms with Gasteiger partial charge < -0.3 is 0 Å². The van der Waals surface area contributed by atoms with Gasteiger partial charge in [-0.1, -0.05) is 24.3 Å². The smallest absolute Gasteiger partial charge is 0.151 e. The quantitative estimate of drug-likeness (QED) is 0.634. The van der Waals surface area contributed by atoms with E-state index in [9.17, 15) is 4.79 Å². The van der Waals surface area contributed by atoms with Crippen LogP contribution in [0.15, 0.2) is 36.4 Å². The predicted octanol–water partition coefficient (Wildman–Crippen LogP) is 2.52. The molecule has 0 spiro atoms. The predicted molar refractivity (Wildman–Crippen MR) is 54.1 cm³/mol. The molecule has 0 saturated heterocycles. The molecule has 14 heavy (non-hydrogen) atoms. The summed E-state index contributed by atoms with van der Waals surface area (Å²) in [5.74, 6) is 0. The molecule has 0 unspecified atom stereocenters. The van der Waals surface area contributed by atoms with Crippen molar-refractivity contribution in [1.29, 1.82) is 5.26 Å². The number of aldehydes is 1. The lowest BCUT2D eigenvalue weighted by molar-refractivity contribution is 0.112. The number of nitriles is 1. The molecule has 0 N–H and O–H groups in total. The number of fused-ring (bicyclic) bond motifs is 1. The van der Waals surface area contributed by atoms with Crippen LogP contribution < -0.4 is 0 Å². The van der Waals surface area contributed by atoms with Crippen LogP contribution >= 0.6 is 0 Å². The molecule has 0 amide bonds. The van der Waals surface area contributed by atoms with Crippen LogP contribution in [0.2, 0.25) is 0 Å². The summed E-state index contributed by atoms with van der Waals surface area (Å²) >= 11 is 0. The molecule has 66 valence electrons. The van der Waals surface area contributed by atoms with Crippen molar-refractivity contribution in [2.45, 2.75) is 0 Å². The summed E-state index contributed by atoms with van der Waals surface area (Å²) in [6.07, 6.45) is 0.713. The topological polar surface area (TPSA) is 40.9 Å². The van der Waals surface area contributed by atoms with Gasteiger partial charge in [0.15, 0.2) is 6.29 Å². The Morgan fingerprint density at radius 1 is 1.14 bits per heavy atom. The number of rotatable bonds is 1. The first-order valence-corrected chi connectivity index (χ1v) is 4.23. The van der Waals surface area contributed by atoms with Crippen LogP contribution in [0, 0.1) is 11.3 Å². The normalized spacial score (nSPS) is 9.64. The monoisotopic (exact) mass is 181 g/mol. The molecule has 2 aromatic rings. The zero-order valence-electron chi connectivity index (χ0n) is 7.40. The summed E-state index contributed by atoms with van der Waals surface area (Å²) in [7, 11) is 0. The van der Waals surface area contributed by atoms with E-state index >= 15 is 0 Å². The summed E-state index contributed by atoms with van der Waals surface area (Å²) in [5.41, 5.74) is 0.880. The van der Waals surface area contributed by atoms with Gasteiger partial charge in [0, 0.05) is 5.56 Å². The van der Waals surface area contributed by atoms with Crippen molar-refractivity contribution in [3.8, 4) is 6.07 Å². The Morgan fingerprint density at radius 2 is 1.79 bits per heavy atom. The van der Waals surface area contributed by atoms with Crippen LogP contribution in [0.3, 0.4) is 0 Å². The van der Waals surface area contributed by atoms with Gasteiger partial charge in [-0.2, -0.15) is 5.26 Å². The minimum Gasteiger partial charge on any atom is -0.298 e. The molecule has 0 radical (unpaired) electrons. The number of hydrogen-bond acceptors (Lipinski definition) is 2. The van der Waals surface area contributed by atoms with Crippen molar-refractivity contribution in [3.63, 3.8) is 0 Å². The highest BCUT2D eigenvalue weighted by Gasteiger charge is 2.02. The van der Waals surface area contributed by atoms with Crippen LogP contribution in [0.5, 0.6) is 0 Å². The second-order valence-electron chi connectivity index (χ2n) is 3.02. The molecule has 2 aromatic carbocycles. The number of carbonyl (C=O) groups is 1. The first-order valence-electron chi connectivity index (χ1n) is 4.23. The number of carbonyl (C=O) groups excluding carboxylic acids is 1. The molecular weight excluding hydrogens is 174 g/mol. The van der Waals surface area contributed by atoms with E-state index in [0.717, 1.165) is 10.8 Å². The molecule has 0 atom stereocenters. The lowest BCUT2D eigenvalue weighted by Crippen LogP contribution is -1.87. The van der Waals surface area contributed by atoms with E-state index in [2.05, 4.69) is 0 Å². The molecule has 2 heteroatoms. The van der Waals surface area contributed by atoms with E-state index in [-0.39, 0.29) is 0 Å². The minimum absolute atomic E-state index is 0.429. The van der Waals surface area contributed by atoms with Gasteiger partial charge in [0.05, 0.1) is 11.6 Å². The summed E-state index contributed by atoms with van der Waals surface area (Å²) in [5, 5.41) is 10.8. The van der Waals surface area contributed by atoms with E-state index in [1.54, 1.807) is 12.1 Å². The third kappa shape index (κ3) is 1.25. The van der Waals surface area contributed by atoms with Crippen LogP contribution in [0.1, 0.15) is 15.9 Å². The molecule has 0 aliphatic carbocycles. The van der Waals surface area contributed by atoms with Gasteiger partial charge >= 0.3 is 0 Å². The Hall–Kier alpha value is -2.14. The third-order valence-corrected chi connectivity index (χ3v) is 2.17. The van der Waals surface area contributed by atoms with Crippen molar-refractivity contribution in [2.24, 2.45) is 0 Å². The van der Waals surface area contributed by atoms with Gasteiger partial charge in [-0.15, -0.1) is 0 Å². The molecule has 0 aliphatic heterocycles. The lowest BCUT2D eigenvalue weighted by atomic mass is 10.0. The number of nitrogens with zero attached hydrogens (tertiary/aromatic N) is 1. The Kier molecular flexibility index (Phi) is 2.00. The van der Waals surface area contributed by atoms with E-state index in [4.69, 9.17) is 5.26 Å². The molecular formula is C12H7NO. The number of benzene rings is 2.